The minimum atomic E-state index is -2.40. The summed E-state index contributed by atoms with van der Waals surface area (Å²) in [6, 6.07) is 1.84. The Balaban J connectivity index is 3.50. The molecule has 0 fully saturated rings. The molecule has 0 spiro atoms. The van der Waals surface area contributed by atoms with Gasteiger partial charge < -0.3 is 32.8 Å². The highest BCUT2D eigenvalue weighted by Crippen LogP contribution is 2.14. The van der Waals surface area contributed by atoms with Crippen LogP contribution < -0.4 is 10.6 Å². The van der Waals surface area contributed by atoms with Crippen molar-refractivity contribution in [3.8, 4) is 0 Å². The summed E-state index contributed by atoms with van der Waals surface area (Å²) in [4.78, 5) is 0. The molecule has 0 aromatic carbocycles. The molecule has 0 aromatic heterocycles. The van der Waals surface area contributed by atoms with Crippen LogP contribution in [-0.2, 0) is 22.1 Å². The van der Waals surface area contributed by atoms with Crippen LogP contribution in [0.3, 0.4) is 0 Å². The normalized spacial score (nSPS) is 12.8. The highest BCUT2D eigenvalue weighted by molar-refractivity contribution is 6.65. The molecule has 0 rings (SSSR count). The third-order valence-electron chi connectivity index (χ3n) is 4.10. The highest BCUT2D eigenvalue weighted by Gasteiger charge is 2.36. The second-order valence-corrected chi connectivity index (χ2v) is 12.2. The van der Waals surface area contributed by atoms with Gasteiger partial charge in [-0.25, -0.2) is 0 Å². The quantitative estimate of drug-likeness (QED) is 0.313. The minimum absolute atomic E-state index is 0.828. The fourth-order valence-electron chi connectivity index (χ4n) is 2.23. The van der Waals surface area contributed by atoms with Gasteiger partial charge in [0, 0.05) is 54.7 Å². The molecule has 0 atom stereocenters. The lowest BCUT2D eigenvalue weighted by Gasteiger charge is -2.24. The van der Waals surface area contributed by atoms with E-state index in [2.05, 4.69) is 17.2 Å². The van der Waals surface area contributed by atoms with E-state index >= 15 is 0 Å². The molecule has 0 heterocycles. The molecule has 0 aliphatic heterocycles. The van der Waals surface area contributed by atoms with Gasteiger partial charge >= 0.3 is 17.4 Å². The Morgan fingerprint density at radius 1 is 0.609 bits per heavy atom. The van der Waals surface area contributed by atoms with Gasteiger partial charge in [-0.05, 0) is 38.5 Å². The topological polar surface area (TPSA) is 70.2 Å². The van der Waals surface area contributed by atoms with E-state index < -0.39 is 17.4 Å². The summed E-state index contributed by atoms with van der Waals surface area (Å²) in [5, 5.41) is 6.84. The molecule has 0 amide bonds. The molecule has 0 radical (unpaired) electrons. The maximum Gasteiger partial charge on any atom is 0.500 e. The zero-order valence-corrected chi connectivity index (χ0v) is 17.7. The van der Waals surface area contributed by atoms with Crippen LogP contribution in [0.25, 0.3) is 0 Å². The lowest BCUT2D eigenvalue weighted by atomic mass is 10.4. The summed E-state index contributed by atoms with van der Waals surface area (Å²) in [6.07, 6.45) is 2.06. The van der Waals surface area contributed by atoms with Crippen LogP contribution in [0.1, 0.15) is 12.8 Å². The molecule has 9 heteroatoms. The molecule has 0 aliphatic carbocycles. The minimum Gasteiger partial charge on any atom is -0.398 e. The number of hydrogen-bond acceptors (Lipinski definition) is 7. The lowest BCUT2D eigenvalue weighted by molar-refractivity contribution is 0.123. The maximum absolute atomic E-state index is 5.46. The Kier molecular flexibility index (Phi) is 13.5. The average Bonchev–Trinajstić information content (AvgIpc) is 2.60. The fourth-order valence-corrected chi connectivity index (χ4v) is 5.35. The molecule has 0 bridgehead atoms. The number of nitrogens with one attached hydrogen (secondary N) is 2. The van der Waals surface area contributed by atoms with E-state index in [-0.39, 0.29) is 0 Å². The van der Waals surface area contributed by atoms with Crippen LogP contribution >= 0.6 is 0 Å². The number of hydrogen-bond donors (Lipinski definition) is 2. The molecule has 0 saturated heterocycles. The van der Waals surface area contributed by atoms with Crippen molar-refractivity contribution in [2.45, 2.75) is 31.5 Å². The van der Waals surface area contributed by atoms with Crippen LogP contribution in [0.2, 0.25) is 18.6 Å². The summed E-state index contributed by atoms with van der Waals surface area (Å²) in [5.74, 6) is 0. The van der Waals surface area contributed by atoms with E-state index in [1.807, 2.05) is 0 Å². The van der Waals surface area contributed by atoms with Crippen molar-refractivity contribution in [1.82, 2.24) is 10.6 Å². The van der Waals surface area contributed by atoms with Crippen LogP contribution in [0.15, 0.2) is 0 Å². The molecule has 140 valence electrons. The van der Waals surface area contributed by atoms with Crippen molar-refractivity contribution in [2.75, 3.05) is 61.7 Å². The van der Waals surface area contributed by atoms with Crippen molar-refractivity contribution >= 4 is 17.4 Å². The molecule has 2 N–H and O–H groups in total. The predicted octanol–water partition coefficient (Wildman–Crippen LogP) is 1.19. The highest BCUT2D eigenvalue weighted by atomic mass is 28.4. The van der Waals surface area contributed by atoms with Crippen molar-refractivity contribution < 1.29 is 22.1 Å². The fraction of sp³-hybridized carbons (Fsp3) is 1.00. The van der Waals surface area contributed by atoms with Gasteiger partial charge in [0.1, 0.15) is 0 Å². The van der Waals surface area contributed by atoms with Gasteiger partial charge in [-0.15, -0.1) is 0 Å². The Morgan fingerprint density at radius 3 is 1.43 bits per heavy atom. The molecule has 7 nitrogen and oxygen atoms in total. The van der Waals surface area contributed by atoms with E-state index in [0.717, 1.165) is 51.1 Å². The lowest BCUT2D eigenvalue weighted by Crippen LogP contribution is -2.43. The molecular weight excluding hydrogens is 332 g/mol. The van der Waals surface area contributed by atoms with Crippen molar-refractivity contribution in [3.63, 3.8) is 0 Å². The zero-order chi connectivity index (χ0) is 17.6. The van der Waals surface area contributed by atoms with Crippen molar-refractivity contribution in [3.05, 3.63) is 0 Å². The second-order valence-electron chi connectivity index (χ2n) is 5.54. The maximum atomic E-state index is 5.46. The molecule has 0 unspecified atom stereocenters. The van der Waals surface area contributed by atoms with E-state index in [1.54, 1.807) is 35.5 Å². The van der Waals surface area contributed by atoms with Gasteiger partial charge in [-0.1, -0.05) is 0 Å². The monoisotopic (exact) mass is 368 g/mol. The van der Waals surface area contributed by atoms with Crippen molar-refractivity contribution in [1.29, 1.82) is 0 Å². The predicted molar refractivity (Wildman–Crippen MR) is 97.0 cm³/mol. The van der Waals surface area contributed by atoms with E-state index in [9.17, 15) is 0 Å². The van der Waals surface area contributed by atoms with Crippen LogP contribution in [0.5, 0.6) is 0 Å². The Labute approximate surface area is 144 Å². The first-order chi connectivity index (χ1) is 11.0. The first kappa shape index (κ1) is 23.2. The van der Waals surface area contributed by atoms with Gasteiger partial charge in [0.25, 0.3) is 0 Å². The zero-order valence-electron chi connectivity index (χ0n) is 15.7. The van der Waals surface area contributed by atoms with Crippen LogP contribution in [0, 0.1) is 0 Å². The Bertz CT molecular complexity index is 272. The third kappa shape index (κ3) is 9.90. The first-order valence-corrected chi connectivity index (χ1v) is 12.6. The smallest absolute Gasteiger partial charge is 0.398 e. The number of rotatable bonds is 16. The second kappa shape index (κ2) is 13.4. The summed E-state index contributed by atoms with van der Waals surface area (Å²) < 4.78 is 27.1. The molecular formula is C14H36N2O5Si2. The van der Waals surface area contributed by atoms with Gasteiger partial charge in [0.15, 0.2) is 0 Å². The molecule has 0 aliphatic rings. The van der Waals surface area contributed by atoms with Crippen LogP contribution in [-0.4, -0.2) is 79.1 Å². The van der Waals surface area contributed by atoms with E-state index in [4.69, 9.17) is 22.1 Å². The third-order valence-corrected chi connectivity index (χ3v) is 9.92. The standard InChI is InChI=1S/C14H36N2O5Si2/c1-17-22(6,18-2)13-7-9-15-11-12-16-10-8-14-23(19-3,20-4)21-5/h15-16H,7-14H2,1-6H3. The van der Waals surface area contributed by atoms with Gasteiger partial charge in [0.2, 0.25) is 0 Å². The first-order valence-electron chi connectivity index (χ1n) is 8.18. The largest absolute Gasteiger partial charge is 0.500 e. The Morgan fingerprint density at radius 2 is 1.04 bits per heavy atom. The molecule has 0 aromatic rings. The summed E-state index contributed by atoms with van der Waals surface area (Å²) in [6.45, 7) is 5.93. The Hall–Kier alpha value is 0.154. The summed E-state index contributed by atoms with van der Waals surface area (Å²) >= 11 is 0. The van der Waals surface area contributed by atoms with Gasteiger partial charge in [0.05, 0.1) is 0 Å². The summed E-state index contributed by atoms with van der Waals surface area (Å²) in [5.41, 5.74) is 0. The van der Waals surface area contributed by atoms with E-state index in [1.165, 1.54) is 0 Å². The SMILES string of the molecule is CO[Si](C)(CCCNCCNCCC[Si](OC)(OC)OC)OC. The van der Waals surface area contributed by atoms with Crippen molar-refractivity contribution in [2.24, 2.45) is 0 Å². The van der Waals surface area contributed by atoms with Gasteiger partial charge in [-0.3, -0.25) is 0 Å². The molecule has 0 saturated carbocycles. The molecule has 23 heavy (non-hydrogen) atoms. The summed E-state index contributed by atoms with van der Waals surface area (Å²) in [7, 11) is 4.12. The van der Waals surface area contributed by atoms with Gasteiger partial charge in [-0.2, -0.15) is 0 Å². The average molecular weight is 369 g/mol. The van der Waals surface area contributed by atoms with Crippen LogP contribution in [0.4, 0.5) is 0 Å². The van der Waals surface area contributed by atoms with E-state index in [0.29, 0.717) is 0 Å².